The number of hydrogen-bond acceptors (Lipinski definition) is 2. The molecule has 1 aromatic rings. The number of thiocarbonyl (C=S) groups is 1. The van der Waals surface area contributed by atoms with Gasteiger partial charge in [0.2, 0.25) is 6.41 Å². The van der Waals surface area contributed by atoms with E-state index >= 15 is 0 Å². The molecule has 0 heterocycles. The van der Waals surface area contributed by atoms with Crippen LogP contribution in [0.1, 0.15) is 25.0 Å². The Kier molecular flexibility index (Phi) is 7.25. The second kappa shape index (κ2) is 8.56. The Morgan fingerprint density at radius 3 is 1.96 bits per heavy atom. The van der Waals surface area contributed by atoms with Crippen LogP contribution in [0.4, 0.5) is 32.0 Å². The summed E-state index contributed by atoms with van der Waals surface area (Å²) in [6, 6.07) is 0.745. The van der Waals surface area contributed by atoms with E-state index in [9.17, 15) is 31.1 Å². The van der Waals surface area contributed by atoms with Crippen molar-refractivity contribution in [3.63, 3.8) is 0 Å². The van der Waals surface area contributed by atoms with Gasteiger partial charge in [-0.15, -0.1) is 0 Å². The van der Waals surface area contributed by atoms with Crippen LogP contribution in [0, 0.1) is 5.92 Å². The third-order valence-electron chi connectivity index (χ3n) is 3.39. The lowest BCUT2D eigenvalue weighted by atomic mass is 10.0. The first kappa shape index (κ1) is 22.0. The lowest BCUT2D eigenvalue weighted by Gasteiger charge is -2.24. The van der Waals surface area contributed by atoms with E-state index in [1.807, 2.05) is 0 Å². The van der Waals surface area contributed by atoms with Crippen molar-refractivity contribution < 1.29 is 31.1 Å². The molecule has 0 aliphatic carbocycles. The van der Waals surface area contributed by atoms with E-state index in [2.05, 4.69) is 16.0 Å². The molecule has 4 nitrogen and oxygen atoms in total. The summed E-state index contributed by atoms with van der Waals surface area (Å²) >= 11 is 4.95. The van der Waals surface area contributed by atoms with Crippen LogP contribution >= 0.6 is 12.2 Å². The molecule has 0 aromatic heterocycles. The highest BCUT2D eigenvalue weighted by atomic mass is 32.1. The molecule has 26 heavy (non-hydrogen) atoms. The molecule has 0 bridgehead atoms. The molecule has 0 aliphatic heterocycles. The van der Waals surface area contributed by atoms with Crippen LogP contribution in [0.2, 0.25) is 0 Å². The van der Waals surface area contributed by atoms with E-state index in [1.165, 1.54) is 0 Å². The topological polar surface area (TPSA) is 53.2 Å². The van der Waals surface area contributed by atoms with E-state index in [0.717, 1.165) is 0 Å². The summed E-state index contributed by atoms with van der Waals surface area (Å²) < 4.78 is 77.1. The van der Waals surface area contributed by atoms with Gasteiger partial charge in [-0.1, -0.05) is 13.8 Å². The Morgan fingerprint density at radius 2 is 1.58 bits per heavy atom. The van der Waals surface area contributed by atoms with Gasteiger partial charge >= 0.3 is 12.4 Å². The first-order valence-corrected chi connectivity index (χ1v) is 7.79. The molecule has 146 valence electrons. The first-order valence-electron chi connectivity index (χ1n) is 7.38. The smallest absolute Gasteiger partial charge is 0.358 e. The summed E-state index contributed by atoms with van der Waals surface area (Å²) in [4.78, 5) is 10.4. The van der Waals surface area contributed by atoms with Gasteiger partial charge in [0.1, 0.15) is 0 Å². The molecule has 0 fully saturated rings. The van der Waals surface area contributed by atoms with Crippen molar-refractivity contribution in [2.75, 3.05) is 11.9 Å². The third kappa shape index (κ3) is 6.70. The average Bonchev–Trinajstić information content (AvgIpc) is 2.49. The van der Waals surface area contributed by atoms with Crippen LogP contribution < -0.4 is 16.0 Å². The summed E-state index contributed by atoms with van der Waals surface area (Å²) in [6.07, 6.45) is -9.42. The fourth-order valence-corrected chi connectivity index (χ4v) is 2.26. The number of rotatable bonds is 6. The van der Waals surface area contributed by atoms with E-state index in [-0.39, 0.29) is 29.7 Å². The highest BCUT2D eigenvalue weighted by Crippen LogP contribution is 2.37. The number of carbonyl (C=O) groups excluding carboxylic acids is 1. The predicted molar refractivity (Wildman–Crippen MR) is 88.5 cm³/mol. The predicted octanol–water partition coefficient (Wildman–Crippen LogP) is 3.78. The van der Waals surface area contributed by atoms with Crippen molar-refractivity contribution in [2.24, 2.45) is 5.92 Å². The highest BCUT2D eigenvalue weighted by Gasteiger charge is 2.37. The number of nitrogens with one attached hydrogen (secondary N) is 3. The number of anilines is 1. The number of carbonyl (C=O) groups is 1. The van der Waals surface area contributed by atoms with Crippen LogP contribution in [-0.2, 0) is 17.1 Å². The minimum absolute atomic E-state index is 0.0190. The molecule has 1 atom stereocenters. The van der Waals surface area contributed by atoms with Gasteiger partial charge in [-0.3, -0.25) is 4.79 Å². The number of benzene rings is 1. The van der Waals surface area contributed by atoms with Gasteiger partial charge in [-0.2, -0.15) is 26.3 Å². The van der Waals surface area contributed by atoms with E-state index in [1.54, 1.807) is 13.8 Å². The van der Waals surface area contributed by atoms with E-state index in [4.69, 9.17) is 12.2 Å². The number of alkyl halides is 6. The standard InChI is InChI=1S/C15H17F6N3OS/c1-8(2)12(6-22-7-25)24-13(26)23-11-4-9(14(16,17)18)3-10(5-11)15(19,20)21/h3-5,7-8,12H,6H2,1-2H3,(H,22,25)(H2,23,24,26)/t12-/m1/s1. The molecule has 1 amide bonds. The minimum Gasteiger partial charge on any atom is -0.358 e. The summed E-state index contributed by atoms with van der Waals surface area (Å²) in [5, 5.41) is 7.35. The summed E-state index contributed by atoms with van der Waals surface area (Å²) in [6.45, 7) is 3.79. The molecule has 0 unspecified atom stereocenters. The molecule has 11 heteroatoms. The van der Waals surface area contributed by atoms with Crippen LogP contribution in [0.15, 0.2) is 18.2 Å². The normalized spacial score (nSPS) is 13.3. The van der Waals surface area contributed by atoms with Crippen LogP contribution in [0.3, 0.4) is 0 Å². The number of hydrogen-bond donors (Lipinski definition) is 3. The van der Waals surface area contributed by atoms with E-state index < -0.39 is 29.2 Å². The van der Waals surface area contributed by atoms with Gasteiger partial charge in [0.05, 0.1) is 11.1 Å². The molecular weight excluding hydrogens is 384 g/mol. The molecule has 3 N–H and O–H groups in total. The van der Waals surface area contributed by atoms with Gasteiger partial charge < -0.3 is 16.0 Å². The molecule has 0 saturated heterocycles. The third-order valence-corrected chi connectivity index (χ3v) is 3.61. The van der Waals surface area contributed by atoms with Crippen molar-refractivity contribution in [1.29, 1.82) is 0 Å². The summed E-state index contributed by atoms with van der Waals surface area (Å²) in [7, 11) is 0. The fraction of sp³-hybridized carbons (Fsp3) is 0.467. The van der Waals surface area contributed by atoms with Crippen molar-refractivity contribution >= 4 is 29.4 Å². The Morgan fingerprint density at radius 1 is 1.08 bits per heavy atom. The minimum atomic E-state index is -4.94. The highest BCUT2D eigenvalue weighted by molar-refractivity contribution is 7.80. The zero-order valence-electron chi connectivity index (χ0n) is 13.8. The summed E-state index contributed by atoms with van der Waals surface area (Å²) in [5.41, 5.74) is -3.34. The van der Waals surface area contributed by atoms with Gasteiger partial charge in [-0.25, -0.2) is 0 Å². The largest absolute Gasteiger partial charge is 0.416 e. The molecule has 0 aliphatic rings. The quantitative estimate of drug-likeness (QED) is 0.386. The molecule has 1 aromatic carbocycles. The maximum absolute atomic E-state index is 12.8. The number of halogens is 6. The zero-order valence-corrected chi connectivity index (χ0v) is 14.6. The van der Waals surface area contributed by atoms with Crippen molar-refractivity contribution in [3.05, 3.63) is 29.3 Å². The van der Waals surface area contributed by atoms with Crippen LogP contribution in [0.5, 0.6) is 0 Å². The zero-order chi connectivity index (χ0) is 20.1. The number of amides is 1. The molecule has 0 radical (unpaired) electrons. The summed E-state index contributed by atoms with van der Waals surface area (Å²) in [5.74, 6) is -0.0190. The Hall–Kier alpha value is -2.04. The Bertz CT molecular complexity index is 613. The maximum Gasteiger partial charge on any atom is 0.416 e. The second-order valence-electron chi connectivity index (χ2n) is 5.77. The molecular formula is C15H17F6N3OS. The molecule has 1 rings (SSSR count). The van der Waals surface area contributed by atoms with Gasteiger partial charge in [0.15, 0.2) is 5.11 Å². The lowest BCUT2D eigenvalue weighted by Crippen LogP contribution is -2.46. The first-order chi connectivity index (χ1) is 11.8. The monoisotopic (exact) mass is 401 g/mol. The SMILES string of the molecule is CC(C)[C@@H](CNC=O)NC(=S)Nc1cc(C(F)(F)F)cc(C(F)(F)F)c1. The van der Waals surface area contributed by atoms with Crippen molar-refractivity contribution in [3.8, 4) is 0 Å². The molecule has 0 saturated carbocycles. The van der Waals surface area contributed by atoms with Crippen molar-refractivity contribution in [2.45, 2.75) is 32.2 Å². The second-order valence-corrected chi connectivity index (χ2v) is 6.18. The van der Waals surface area contributed by atoms with Crippen molar-refractivity contribution in [1.82, 2.24) is 10.6 Å². The van der Waals surface area contributed by atoms with Gasteiger partial charge in [-0.05, 0) is 36.3 Å². The lowest BCUT2D eigenvalue weighted by molar-refractivity contribution is -0.143. The average molecular weight is 401 g/mol. The van der Waals surface area contributed by atoms with E-state index in [0.29, 0.717) is 18.5 Å². The Labute approximate surface area is 151 Å². The molecule has 0 spiro atoms. The van der Waals surface area contributed by atoms with Crippen LogP contribution in [-0.4, -0.2) is 24.1 Å². The Balaban J connectivity index is 3.03. The van der Waals surface area contributed by atoms with Gasteiger partial charge in [0, 0.05) is 18.3 Å². The van der Waals surface area contributed by atoms with Gasteiger partial charge in [0.25, 0.3) is 0 Å². The van der Waals surface area contributed by atoms with Crippen LogP contribution in [0.25, 0.3) is 0 Å². The maximum atomic E-state index is 12.8. The fourth-order valence-electron chi connectivity index (χ4n) is 1.99.